The first-order chi connectivity index (χ1) is 13.1. The van der Waals surface area contributed by atoms with Gasteiger partial charge in [-0.05, 0) is 43.3 Å². The Kier molecular flexibility index (Phi) is 5.49. The van der Waals surface area contributed by atoms with Gasteiger partial charge in [-0.2, -0.15) is 0 Å². The summed E-state index contributed by atoms with van der Waals surface area (Å²) in [5.74, 6) is 0.965. The maximum Gasteiger partial charge on any atom is 0.236 e. The number of aromatic nitrogens is 2. The maximum absolute atomic E-state index is 12.3. The predicted molar refractivity (Wildman–Crippen MR) is 115 cm³/mol. The first kappa shape index (κ1) is 18.5. The number of amides is 1. The number of rotatable bonds is 6. The van der Waals surface area contributed by atoms with E-state index in [1.54, 1.807) is 11.3 Å². The standard InChI is InChI=1S/C18H14ClN3O2S3/c1-2-24-11-4-5-12-15(8-11)26-17(20-12)22-16(23)9-25-18-21-13-7-10(19)3-6-14(13)27-18/h3-8H,2,9H2,1H3,(H,20,22,23). The molecule has 5 nitrogen and oxygen atoms in total. The van der Waals surface area contributed by atoms with Gasteiger partial charge in [-0.3, -0.25) is 4.79 Å². The van der Waals surface area contributed by atoms with E-state index in [0.29, 0.717) is 16.8 Å². The van der Waals surface area contributed by atoms with Gasteiger partial charge < -0.3 is 10.1 Å². The molecule has 0 saturated carbocycles. The number of hydrogen-bond acceptors (Lipinski definition) is 7. The van der Waals surface area contributed by atoms with Crippen molar-refractivity contribution in [2.24, 2.45) is 0 Å². The van der Waals surface area contributed by atoms with Crippen LogP contribution < -0.4 is 10.1 Å². The van der Waals surface area contributed by atoms with Gasteiger partial charge in [-0.15, -0.1) is 11.3 Å². The van der Waals surface area contributed by atoms with Gasteiger partial charge in [0.25, 0.3) is 0 Å². The number of thioether (sulfide) groups is 1. The molecule has 0 aliphatic heterocycles. The second-order valence-corrected chi connectivity index (χ2v) is 9.23. The van der Waals surface area contributed by atoms with Crippen molar-refractivity contribution in [3.63, 3.8) is 0 Å². The molecule has 2 aromatic carbocycles. The number of benzene rings is 2. The van der Waals surface area contributed by atoms with E-state index in [9.17, 15) is 4.79 Å². The minimum atomic E-state index is -0.110. The Bertz CT molecular complexity index is 1130. The summed E-state index contributed by atoms with van der Waals surface area (Å²) in [6.07, 6.45) is 0. The van der Waals surface area contributed by atoms with Crippen molar-refractivity contribution >= 4 is 77.5 Å². The lowest BCUT2D eigenvalue weighted by molar-refractivity contribution is -0.113. The van der Waals surface area contributed by atoms with Gasteiger partial charge in [0.05, 0.1) is 32.8 Å². The van der Waals surface area contributed by atoms with Crippen LogP contribution in [0.4, 0.5) is 5.13 Å². The first-order valence-electron chi connectivity index (χ1n) is 8.13. The van der Waals surface area contributed by atoms with Crippen molar-refractivity contribution in [2.75, 3.05) is 17.7 Å². The monoisotopic (exact) mass is 435 g/mol. The molecule has 0 saturated heterocycles. The number of nitrogens with zero attached hydrogens (tertiary/aromatic N) is 2. The van der Waals surface area contributed by atoms with Gasteiger partial charge in [-0.1, -0.05) is 34.7 Å². The van der Waals surface area contributed by atoms with E-state index in [1.165, 1.54) is 23.1 Å². The Labute approximate surface area is 172 Å². The molecule has 9 heteroatoms. The summed E-state index contributed by atoms with van der Waals surface area (Å²) >= 11 is 10.4. The lowest BCUT2D eigenvalue weighted by atomic mass is 10.3. The zero-order valence-electron chi connectivity index (χ0n) is 14.2. The number of fused-ring (bicyclic) bond motifs is 2. The third-order valence-corrected chi connectivity index (χ3v) is 6.92. The van der Waals surface area contributed by atoms with Crippen LogP contribution in [0.25, 0.3) is 20.4 Å². The first-order valence-corrected chi connectivity index (χ1v) is 11.1. The number of nitrogens with one attached hydrogen (secondary N) is 1. The van der Waals surface area contributed by atoms with Crippen LogP contribution in [0.2, 0.25) is 5.02 Å². The van der Waals surface area contributed by atoms with Gasteiger partial charge in [0.2, 0.25) is 5.91 Å². The smallest absolute Gasteiger partial charge is 0.236 e. The molecule has 0 unspecified atom stereocenters. The Morgan fingerprint density at radius 1 is 1.15 bits per heavy atom. The number of halogens is 1. The van der Waals surface area contributed by atoms with E-state index in [-0.39, 0.29) is 11.7 Å². The zero-order chi connectivity index (χ0) is 18.8. The van der Waals surface area contributed by atoms with Gasteiger partial charge in [-0.25, -0.2) is 9.97 Å². The fourth-order valence-corrected chi connectivity index (χ4v) is 5.36. The van der Waals surface area contributed by atoms with Crippen LogP contribution in [0.3, 0.4) is 0 Å². The molecule has 0 fully saturated rings. The number of hydrogen-bond donors (Lipinski definition) is 1. The Morgan fingerprint density at radius 2 is 2.04 bits per heavy atom. The van der Waals surface area contributed by atoms with E-state index in [2.05, 4.69) is 15.3 Å². The van der Waals surface area contributed by atoms with E-state index in [1.807, 2.05) is 43.3 Å². The fraction of sp³-hybridized carbons (Fsp3) is 0.167. The van der Waals surface area contributed by atoms with Crippen LogP contribution in [0, 0.1) is 0 Å². The highest BCUT2D eigenvalue weighted by Crippen LogP contribution is 2.32. The Balaban J connectivity index is 1.40. The molecule has 4 rings (SSSR count). The van der Waals surface area contributed by atoms with Crippen molar-refractivity contribution in [2.45, 2.75) is 11.3 Å². The molecule has 2 aromatic heterocycles. The number of carbonyl (C=O) groups is 1. The summed E-state index contributed by atoms with van der Waals surface area (Å²) in [7, 11) is 0. The number of thiazole rings is 2. The van der Waals surface area contributed by atoms with Crippen molar-refractivity contribution in [1.82, 2.24) is 9.97 Å². The van der Waals surface area contributed by atoms with Crippen molar-refractivity contribution < 1.29 is 9.53 Å². The van der Waals surface area contributed by atoms with Crippen molar-refractivity contribution in [1.29, 1.82) is 0 Å². The largest absolute Gasteiger partial charge is 0.494 e. The maximum atomic E-state index is 12.3. The Hall–Kier alpha value is -1.87. The molecular weight excluding hydrogens is 422 g/mol. The topological polar surface area (TPSA) is 64.1 Å². The summed E-state index contributed by atoms with van der Waals surface area (Å²) in [6, 6.07) is 11.3. The molecule has 0 aliphatic carbocycles. The lowest BCUT2D eigenvalue weighted by Gasteiger charge is -2.00. The molecular formula is C18H14ClN3O2S3. The normalized spacial score (nSPS) is 11.2. The minimum Gasteiger partial charge on any atom is -0.494 e. The third-order valence-electron chi connectivity index (χ3n) is 3.57. The third kappa shape index (κ3) is 4.35. The van der Waals surface area contributed by atoms with E-state index in [4.69, 9.17) is 16.3 Å². The van der Waals surface area contributed by atoms with Crippen LogP contribution in [0.5, 0.6) is 5.75 Å². The van der Waals surface area contributed by atoms with E-state index < -0.39 is 0 Å². The fourth-order valence-electron chi connectivity index (χ4n) is 2.44. The molecule has 0 bridgehead atoms. The van der Waals surface area contributed by atoms with Crippen LogP contribution in [-0.2, 0) is 4.79 Å². The second-order valence-electron chi connectivity index (χ2n) is 5.51. The van der Waals surface area contributed by atoms with Crippen molar-refractivity contribution in [3.8, 4) is 5.75 Å². The molecule has 0 atom stereocenters. The summed E-state index contributed by atoms with van der Waals surface area (Å²) in [6.45, 7) is 2.56. The predicted octanol–water partition coefficient (Wildman–Crippen LogP) is 5.69. The van der Waals surface area contributed by atoms with Crippen LogP contribution >= 0.6 is 46.0 Å². The average Bonchev–Trinajstić information content (AvgIpc) is 3.22. The number of ether oxygens (including phenoxy) is 1. The lowest BCUT2D eigenvalue weighted by Crippen LogP contribution is -2.13. The summed E-state index contributed by atoms with van der Waals surface area (Å²) in [5.41, 5.74) is 1.70. The van der Waals surface area contributed by atoms with Crippen LogP contribution in [0.15, 0.2) is 40.7 Å². The molecule has 0 spiro atoms. The average molecular weight is 436 g/mol. The van der Waals surface area contributed by atoms with Gasteiger partial charge >= 0.3 is 0 Å². The molecule has 27 heavy (non-hydrogen) atoms. The van der Waals surface area contributed by atoms with Gasteiger partial charge in [0.1, 0.15) is 5.75 Å². The van der Waals surface area contributed by atoms with Crippen LogP contribution in [0.1, 0.15) is 6.92 Å². The van der Waals surface area contributed by atoms with Crippen molar-refractivity contribution in [3.05, 3.63) is 41.4 Å². The molecule has 2 heterocycles. The van der Waals surface area contributed by atoms with Gasteiger partial charge in [0.15, 0.2) is 9.47 Å². The highest BCUT2D eigenvalue weighted by molar-refractivity contribution is 8.01. The van der Waals surface area contributed by atoms with E-state index >= 15 is 0 Å². The molecule has 138 valence electrons. The quantitative estimate of drug-likeness (QED) is 0.394. The van der Waals surface area contributed by atoms with E-state index in [0.717, 1.165) is 30.5 Å². The van der Waals surface area contributed by atoms with Gasteiger partial charge in [0, 0.05) is 5.02 Å². The van der Waals surface area contributed by atoms with Crippen LogP contribution in [-0.4, -0.2) is 28.2 Å². The SMILES string of the molecule is CCOc1ccc2nc(NC(=O)CSc3nc4cc(Cl)ccc4s3)sc2c1. The number of anilines is 1. The summed E-state index contributed by atoms with van der Waals surface area (Å²) in [4.78, 5) is 21.2. The highest BCUT2D eigenvalue weighted by atomic mass is 35.5. The number of carbonyl (C=O) groups excluding carboxylic acids is 1. The molecule has 0 aliphatic rings. The molecule has 1 N–H and O–H groups in total. The Morgan fingerprint density at radius 3 is 2.89 bits per heavy atom. The zero-order valence-corrected chi connectivity index (χ0v) is 17.4. The summed E-state index contributed by atoms with van der Waals surface area (Å²) in [5, 5.41) is 4.10. The molecule has 4 aromatic rings. The second kappa shape index (κ2) is 8.02. The minimum absolute atomic E-state index is 0.110. The highest BCUT2D eigenvalue weighted by Gasteiger charge is 2.11. The molecule has 1 amide bonds. The summed E-state index contributed by atoms with van der Waals surface area (Å²) < 4.78 is 8.37. The molecule has 0 radical (unpaired) electrons.